The zero-order valence-corrected chi connectivity index (χ0v) is 17.1. The van der Waals surface area contributed by atoms with E-state index in [2.05, 4.69) is 9.97 Å². The SMILES string of the molecule is C[C@](O)(CN1CCc2oc(-c3ccc(F)c(F)c3)nc2C1)Cn1cc([N+](=O)[O-])nc1Cl. The third-order valence-electron chi connectivity index (χ3n) is 4.95. The van der Waals surface area contributed by atoms with Gasteiger partial charge in [0, 0.05) is 31.6 Å². The predicted molar refractivity (Wildman–Crippen MR) is 105 cm³/mol. The molecule has 1 N–H and O–H groups in total. The molecule has 0 aliphatic carbocycles. The molecule has 0 unspecified atom stereocenters. The highest BCUT2D eigenvalue weighted by Gasteiger charge is 2.31. The first-order chi connectivity index (χ1) is 14.6. The minimum absolute atomic E-state index is 0.00888. The van der Waals surface area contributed by atoms with Crippen molar-refractivity contribution >= 4 is 17.4 Å². The minimum atomic E-state index is -1.26. The van der Waals surface area contributed by atoms with Crippen LogP contribution in [0.4, 0.5) is 14.6 Å². The summed E-state index contributed by atoms with van der Waals surface area (Å²) in [6.07, 6.45) is 1.70. The molecule has 2 aromatic heterocycles. The minimum Gasteiger partial charge on any atom is -0.441 e. The lowest BCUT2D eigenvalue weighted by Gasteiger charge is -2.33. The Morgan fingerprint density at radius 3 is 2.77 bits per heavy atom. The van der Waals surface area contributed by atoms with Gasteiger partial charge in [0.2, 0.25) is 5.89 Å². The molecular formula is C19H18ClF2N5O4. The molecule has 3 aromatic rings. The molecule has 4 rings (SSSR count). The molecule has 31 heavy (non-hydrogen) atoms. The van der Waals surface area contributed by atoms with Crippen LogP contribution in [0.5, 0.6) is 0 Å². The van der Waals surface area contributed by atoms with E-state index >= 15 is 0 Å². The lowest BCUT2D eigenvalue weighted by Crippen LogP contribution is -2.45. The summed E-state index contributed by atoms with van der Waals surface area (Å²) in [5.41, 5.74) is -0.274. The van der Waals surface area contributed by atoms with Crippen LogP contribution in [0.15, 0.2) is 28.8 Å². The van der Waals surface area contributed by atoms with E-state index in [4.69, 9.17) is 16.0 Å². The number of hydrogen-bond donors (Lipinski definition) is 1. The standard InChI is InChI=1S/C19H18ClF2N5O4/c1-19(28,10-26-8-16(27(29)30)24-18(26)20)9-25-5-4-15-14(7-25)23-17(31-15)11-2-3-12(21)13(22)6-11/h2-3,6,8,28H,4-5,7,9-10H2,1H3/t19-/m0/s1. The Kier molecular flexibility index (Phi) is 5.50. The number of rotatable bonds is 6. The Bertz CT molecular complexity index is 1150. The number of nitrogens with zero attached hydrogens (tertiary/aromatic N) is 5. The summed E-state index contributed by atoms with van der Waals surface area (Å²) in [6, 6.07) is 3.44. The third kappa shape index (κ3) is 4.58. The van der Waals surface area contributed by atoms with Crippen molar-refractivity contribution < 1.29 is 23.2 Å². The van der Waals surface area contributed by atoms with Crippen LogP contribution in [0.1, 0.15) is 18.4 Å². The molecule has 0 radical (unpaired) electrons. The van der Waals surface area contributed by atoms with Crippen LogP contribution in [0.3, 0.4) is 0 Å². The first-order valence-electron chi connectivity index (χ1n) is 9.37. The van der Waals surface area contributed by atoms with Gasteiger partial charge in [-0.2, -0.15) is 0 Å². The average Bonchev–Trinajstić information content (AvgIpc) is 3.27. The van der Waals surface area contributed by atoms with E-state index in [0.717, 1.165) is 12.1 Å². The van der Waals surface area contributed by atoms with Gasteiger partial charge in [-0.3, -0.25) is 9.47 Å². The Morgan fingerprint density at radius 2 is 2.10 bits per heavy atom. The largest absolute Gasteiger partial charge is 0.441 e. The van der Waals surface area contributed by atoms with Crippen molar-refractivity contribution in [2.45, 2.75) is 32.0 Å². The van der Waals surface area contributed by atoms with Crippen molar-refractivity contribution in [3.63, 3.8) is 0 Å². The first kappa shape index (κ1) is 21.3. The highest BCUT2D eigenvalue weighted by atomic mass is 35.5. The van der Waals surface area contributed by atoms with Crippen molar-refractivity contribution in [2.75, 3.05) is 13.1 Å². The van der Waals surface area contributed by atoms with Crippen molar-refractivity contribution in [3.05, 3.63) is 62.9 Å². The molecule has 1 aliphatic rings. The normalized spacial score (nSPS) is 16.2. The molecule has 0 spiro atoms. The zero-order chi connectivity index (χ0) is 22.3. The summed E-state index contributed by atoms with van der Waals surface area (Å²) in [5, 5.41) is 21.6. The van der Waals surface area contributed by atoms with E-state index in [0.29, 0.717) is 36.5 Å². The van der Waals surface area contributed by atoms with E-state index in [1.165, 1.54) is 16.8 Å². The fourth-order valence-corrected chi connectivity index (χ4v) is 3.81. The topological polar surface area (TPSA) is 110 Å². The maximum absolute atomic E-state index is 13.5. The van der Waals surface area contributed by atoms with E-state index in [1.54, 1.807) is 6.92 Å². The van der Waals surface area contributed by atoms with Gasteiger partial charge in [0.05, 0.1) is 17.8 Å². The van der Waals surface area contributed by atoms with Crippen LogP contribution in [-0.2, 0) is 19.5 Å². The van der Waals surface area contributed by atoms with Crippen molar-refractivity contribution in [3.8, 4) is 11.5 Å². The monoisotopic (exact) mass is 453 g/mol. The molecule has 0 saturated heterocycles. The first-order valence-corrected chi connectivity index (χ1v) is 9.75. The molecule has 9 nitrogen and oxygen atoms in total. The van der Waals surface area contributed by atoms with E-state index in [9.17, 15) is 24.0 Å². The Balaban J connectivity index is 1.45. The van der Waals surface area contributed by atoms with Crippen LogP contribution in [0.2, 0.25) is 5.28 Å². The second kappa shape index (κ2) is 7.98. The number of fused-ring (bicyclic) bond motifs is 1. The van der Waals surface area contributed by atoms with Crippen LogP contribution in [0.25, 0.3) is 11.5 Å². The van der Waals surface area contributed by atoms with E-state index in [1.807, 2.05) is 4.90 Å². The van der Waals surface area contributed by atoms with Crippen molar-refractivity contribution in [1.82, 2.24) is 19.4 Å². The number of hydrogen-bond acceptors (Lipinski definition) is 7. The summed E-state index contributed by atoms with van der Waals surface area (Å²) >= 11 is 5.94. The van der Waals surface area contributed by atoms with Crippen LogP contribution in [-0.4, -0.2) is 48.2 Å². The fraction of sp³-hybridized carbons (Fsp3) is 0.368. The van der Waals surface area contributed by atoms with Gasteiger partial charge in [-0.05, 0) is 46.6 Å². The lowest BCUT2D eigenvalue weighted by molar-refractivity contribution is -0.389. The Hall–Kier alpha value is -2.89. The fourth-order valence-electron chi connectivity index (χ4n) is 3.62. The number of halogens is 3. The maximum atomic E-state index is 13.5. The van der Waals surface area contributed by atoms with Gasteiger partial charge in [0.25, 0.3) is 0 Å². The number of aromatic nitrogens is 3. The molecule has 12 heteroatoms. The van der Waals surface area contributed by atoms with E-state index < -0.39 is 28.0 Å². The highest BCUT2D eigenvalue weighted by molar-refractivity contribution is 6.28. The van der Waals surface area contributed by atoms with Gasteiger partial charge < -0.3 is 19.6 Å². The van der Waals surface area contributed by atoms with Gasteiger partial charge in [-0.1, -0.05) is 0 Å². The molecule has 0 bridgehead atoms. The molecule has 0 amide bonds. The van der Waals surface area contributed by atoms with E-state index in [-0.39, 0.29) is 24.3 Å². The molecule has 0 saturated carbocycles. The van der Waals surface area contributed by atoms with Crippen LogP contribution < -0.4 is 0 Å². The van der Waals surface area contributed by atoms with Crippen molar-refractivity contribution in [2.24, 2.45) is 0 Å². The molecular weight excluding hydrogens is 436 g/mol. The lowest BCUT2D eigenvalue weighted by atomic mass is 10.0. The summed E-state index contributed by atoms with van der Waals surface area (Å²) in [4.78, 5) is 20.2. The summed E-state index contributed by atoms with van der Waals surface area (Å²) in [6.45, 7) is 2.81. The Morgan fingerprint density at radius 1 is 1.32 bits per heavy atom. The third-order valence-corrected chi connectivity index (χ3v) is 5.25. The number of imidazole rings is 1. The summed E-state index contributed by atoms with van der Waals surface area (Å²) < 4.78 is 33.7. The van der Waals surface area contributed by atoms with Crippen LogP contribution in [0, 0.1) is 21.7 Å². The number of oxazole rings is 1. The van der Waals surface area contributed by atoms with Crippen molar-refractivity contribution in [1.29, 1.82) is 0 Å². The van der Waals surface area contributed by atoms with Gasteiger partial charge in [0.1, 0.15) is 12.0 Å². The van der Waals surface area contributed by atoms with Crippen LogP contribution >= 0.6 is 11.6 Å². The number of benzene rings is 1. The second-order valence-corrected chi connectivity index (χ2v) is 8.07. The predicted octanol–water partition coefficient (Wildman–Crippen LogP) is 3.19. The molecule has 1 aromatic carbocycles. The van der Waals surface area contributed by atoms with Gasteiger partial charge in [-0.25, -0.2) is 13.8 Å². The molecule has 0 fully saturated rings. The Labute approximate surface area is 180 Å². The van der Waals surface area contributed by atoms with Gasteiger partial charge >= 0.3 is 11.1 Å². The smallest absolute Gasteiger partial charge is 0.383 e. The second-order valence-electron chi connectivity index (χ2n) is 7.73. The molecule has 1 atom stereocenters. The maximum Gasteiger partial charge on any atom is 0.383 e. The molecule has 164 valence electrons. The quantitative estimate of drug-likeness (QED) is 0.450. The average molecular weight is 454 g/mol. The molecule has 1 aliphatic heterocycles. The molecule has 3 heterocycles. The number of aliphatic hydroxyl groups is 1. The van der Waals surface area contributed by atoms with Gasteiger partial charge in [0.15, 0.2) is 11.6 Å². The highest BCUT2D eigenvalue weighted by Crippen LogP contribution is 2.28. The van der Waals surface area contributed by atoms with Gasteiger partial charge in [-0.15, -0.1) is 0 Å². The number of β-amino-alcohol motifs (C(OH)–C–C–N with tert-alkyl or cyclic N) is 1. The summed E-state index contributed by atoms with van der Waals surface area (Å²) in [5.74, 6) is -1.46. The summed E-state index contributed by atoms with van der Waals surface area (Å²) in [7, 11) is 0. The number of nitro groups is 1. The zero-order valence-electron chi connectivity index (χ0n) is 16.4.